The summed E-state index contributed by atoms with van der Waals surface area (Å²) < 4.78 is 2.38. The number of thioether (sulfide) groups is 1. The highest BCUT2D eigenvalue weighted by Crippen LogP contribution is 2.31. The minimum absolute atomic E-state index is 0.147. The van der Waals surface area contributed by atoms with E-state index in [9.17, 15) is 4.79 Å². The molecule has 1 heterocycles. The number of carbonyl (C=O) groups is 1. The van der Waals surface area contributed by atoms with Gasteiger partial charge in [0.25, 0.3) is 0 Å². The largest absolute Gasteiger partial charge is 0.465 e. The van der Waals surface area contributed by atoms with Crippen molar-refractivity contribution in [1.82, 2.24) is 10.3 Å². The van der Waals surface area contributed by atoms with Gasteiger partial charge in [-0.3, -0.25) is 0 Å². The average Bonchev–Trinajstić information content (AvgIpc) is 3.02. The summed E-state index contributed by atoms with van der Waals surface area (Å²) in [5.41, 5.74) is 2.48. The third-order valence-corrected chi connectivity index (χ3v) is 7.04. The molecule has 134 valence electrons. The first-order valence-electron chi connectivity index (χ1n) is 8.73. The average molecular weight is 377 g/mol. The van der Waals surface area contributed by atoms with Gasteiger partial charge in [-0.05, 0) is 57.1 Å². The molecule has 2 aromatic rings. The van der Waals surface area contributed by atoms with Crippen LogP contribution in [0.15, 0.2) is 40.3 Å². The molecule has 2 N–H and O–H groups in total. The van der Waals surface area contributed by atoms with Gasteiger partial charge < -0.3 is 10.4 Å². The number of amides is 1. The number of hydrogen-bond acceptors (Lipinski definition) is 4. The fraction of sp³-hybridized carbons (Fsp3) is 0.474. The Labute approximate surface area is 156 Å². The second-order valence-electron chi connectivity index (χ2n) is 6.69. The molecular weight excluding hydrogens is 352 g/mol. The Kier molecular flexibility index (Phi) is 6.37. The van der Waals surface area contributed by atoms with Gasteiger partial charge in [-0.2, -0.15) is 0 Å². The van der Waals surface area contributed by atoms with Gasteiger partial charge in [-0.15, -0.1) is 11.3 Å². The van der Waals surface area contributed by atoms with E-state index in [-0.39, 0.29) is 6.04 Å². The zero-order valence-electron chi connectivity index (χ0n) is 14.4. The number of rotatable bonds is 6. The summed E-state index contributed by atoms with van der Waals surface area (Å²) >= 11 is 3.57. The van der Waals surface area contributed by atoms with E-state index in [2.05, 4.69) is 41.5 Å². The Morgan fingerprint density at radius 3 is 2.84 bits per heavy atom. The van der Waals surface area contributed by atoms with E-state index in [4.69, 9.17) is 5.11 Å². The third-order valence-electron chi connectivity index (χ3n) is 4.67. The molecule has 1 aromatic carbocycles. The number of hydrogen-bond donors (Lipinski definition) is 2. The predicted molar refractivity (Wildman–Crippen MR) is 106 cm³/mol. The van der Waals surface area contributed by atoms with E-state index < -0.39 is 6.09 Å². The first-order valence-corrected chi connectivity index (χ1v) is 10.5. The van der Waals surface area contributed by atoms with Crippen molar-refractivity contribution >= 4 is 39.4 Å². The minimum Gasteiger partial charge on any atom is -0.465 e. The molecule has 1 aromatic heterocycles. The van der Waals surface area contributed by atoms with Crippen molar-refractivity contribution in [2.45, 2.75) is 49.4 Å². The lowest BCUT2D eigenvalue weighted by Gasteiger charge is -2.27. The first-order chi connectivity index (χ1) is 12.1. The van der Waals surface area contributed by atoms with Crippen LogP contribution in [0.4, 0.5) is 4.79 Å². The van der Waals surface area contributed by atoms with Crippen LogP contribution >= 0.6 is 23.1 Å². The highest BCUT2D eigenvalue weighted by Gasteiger charge is 2.21. The van der Waals surface area contributed by atoms with Crippen molar-refractivity contribution in [3.05, 3.63) is 35.9 Å². The molecular formula is C19H24N2O2S2. The molecule has 0 aliphatic heterocycles. The van der Waals surface area contributed by atoms with E-state index in [0.29, 0.717) is 5.92 Å². The lowest BCUT2D eigenvalue weighted by atomic mass is 9.84. The maximum Gasteiger partial charge on any atom is 0.404 e. The Hall–Kier alpha value is -1.53. The maximum absolute atomic E-state index is 10.7. The van der Waals surface area contributed by atoms with Crippen molar-refractivity contribution in [1.29, 1.82) is 0 Å². The van der Waals surface area contributed by atoms with Crippen LogP contribution in [0.1, 0.15) is 39.0 Å². The van der Waals surface area contributed by atoms with Gasteiger partial charge >= 0.3 is 6.09 Å². The highest BCUT2D eigenvalue weighted by atomic mass is 32.2. The van der Waals surface area contributed by atoms with Crippen molar-refractivity contribution in [3.8, 4) is 0 Å². The SMILES string of the molecule is C/C(=C\CC1CCC(NC(=O)O)CC1)CSc1nc2ccccc2s1. The molecule has 1 amide bonds. The molecule has 6 heteroatoms. The Morgan fingerprint density at radius 2 is 2.12 bits per heavy atom. The zero-order chi connectivity index (χ0) is 17.6. The summed E-state index contributed by atoms with van der Waals surface area (Å²) in [6.45, 7) is 2.19. The van der Waals surface area contributed by atoms with Gasteiger partial charge in [0, 0.05) is 11.8 Å². The first kappa shape index (κ1) is 18.3. The standard InChI is InChI=1S/C19H24N2O2S2/c1-13(6-7-14-8-10-15(11-9-14)20-18(22)23)12-24-19-21-16-4-2-3-5-17(16)25-19/h2-6,14-15,20H,7-12H2,1H3,(H,22,23)/b13-6+. The molecule has 3 rings (SSSR count). The van der Waals surface area contributed by atoms with Crippen LogP contribution in [0.5, 0.6) is 0 Å². The molecule has 1 aliphatic carbocycles. The lowest BCUT2D eigenvalue weighted by Crippen LogP contribution is -2.36. The van der Waals surface area contributed by atoms with Gasteiger partial charge in [0.05, 0.1) is 10.2 Å². The third kappa shape index (κ3) is 5.47. The summed E-state index contributed by atoms with van der Waals surface area (Å²) in [7, 11) is 0. The predicted octanol–water partition coefficient (Wildman–Crippen LogP) is 5.55. The molecule has 0 radical (unpaired) electrons. The summed E-state index contributed by atoms with van der Waals surface area (Å²) in [5.74, 6) is 1.67. The number of fused-ring (bicyclic) bond motifs is 1. The number of carboxylic acid groups (broad SMARTS) is 1. The minimum atomic E-state index is -0.897. The van der Waals surface area contributed by atoms with E-state index in [1.54, 1.807) is 11.3 Å². The summed E-state index contributed by atoms with van der Waals surface area (Å²) in [4.78, 5) is 15.3. The van der Waals surface area contributed by atoms with Crippen LogP contribution in [0.25, 0.3) is 10.2 Å². The molecule has 1 aliphatic rings. The second-order valence-corrected chi connectivity index (χ2v) is 8.94. The molecule has 0 saturated heterocycles. The summed E-state index contributed by atoms with van der Waals surface area (Å²) in [6, 6.07) is 8.42. The molecule has 0 bridgehead atoms. The Bertz CT molecular complexity index is 716. The van der Waals surface area contributed by atoms with Gasteiger partial charge in [0.1, 0.15) is 0 Å². The number of nitrogens with one attached hydrogen (secondary N) is 1. The molecule has 1 fully saturated rings. The molecule has 25 heavy (non-hydrogen) atoms. The van der Waals surface area contributed by atoms with Gasteiger partial charge in [-0.25, -0.2) is 9.78 Å². The molecule has 4 nitrogen and oxygen atoms in total. The monoisotopic (exact) mass is 376 g/mol. The van der Waals surface area contributed by atoms with Gasteiger partial charge in [0.2, 0.25) is 0 Å². The zero-order valence-corrected chi connectivity index (χ0v) is 16.0. The van der Waals surface area contributed by atoms with Crippen molar-refractivity contribution < 1.29 is 9.90 Å². The Balaban J connectivity index is 1.42. The van der Waals surface area contributed by atoms with Crippen molar-refractivity contribution in [2.75, 3.05) is 5.75 Å². The van der Waals surface area contributed by atoms with Crippen LogP contribution in [-0.4, -0.2) is 28.0 Å². The summed E-state index contributed by atoms with van der Waals surface area (Å²) in [5, 5.41) is 11.4. The highest BCUT2D eigenvalue weighted by molar-refractivity contribution is 8.01. The smallest absolute Gasteiger partial charge is 0.404 e. The number of benzene rings is 1. The van der Waals surface area contributed by atoms with Gasteiger partial charge in [-0.1, -0.05) is 35.5 Å². The van der Waals surface area contributed by atoms with Crippen LogP contribution in [0.3, 0.4) is 0 Å². The van der Waals surface area contributed by atoms with E-state index in [0.717, 1.165) is 47.7 Å². The number of aromatic nitrogens is 1. The van der Waals surface area contributed by atoms with Gasteiger partial charge in [0.15, 0.2) is 4.34 Å². The number of allylic oxidation sites excluding steroid dienone is 1. The number of nitrogens with zero attached hydrogens (tertiary/aromatic N) is 1. The normalized spacial score (nSPS) is 21.4. The Morgan fingerprint density at radius 1 is 1.36 bits per heavy atom. The lowest BCUT2D eigenvalue weighted by molar-refractivity contribution is 0.182. The van der Waals surface area contributed by atoms with E-state index in [1.165, 1.54) is 10.3 Å². The van der Waals surface area contributed by atoms with E-state index >= 15 is 0 Å². The fourth-order valence-electron chi connectivity index (χ4n) is 3.23. The van der Waals surface area contributed by atoms with Crippen LogP contribution < -0.4 is 5.32 Å². The van der Waals surface area contributed by atoms with E-state index in [1.807, 2.05) is 17.8 Å². The number of para-hydroxylation sites is 1. The second kappa shape index (κ2) is 8.72. The fourth-order valence-corrected chi connectivity index (χ4v) is 5.24. The quantitative estimate of drug-likeness (QED) is 0.512. The van der Waals surface area contributed by atoms with Crippen molar-refractivity contribution in [3.63, 3.8) is 0 Å². The maximum atomic E-state index is 10.7. The van der Waals surface area contributed by atoms with Crippen molar-refractivity contribution in [2.24, 2.45) is 5.92 Å². The topological polar surface area (TPSA) is 62.2 Å². The molecule has 0 atom stereocenters. The van der Waals surface area contributed by atoms with Crippen LogP contribution in [-0.2, 0) is 0 Å². The molecule has 1 saturated carbocycles. The van der Waals surface area contributed by atoms with Crippen LogP contribution in [0.2, 0.25) is 0 Å². The summed E-state index contributed by atoms with van der Waals surface area (Å²) in [6.07, 6.45) is 6.71. The molecule has 0 spiro atoms. The molecule has 0 unspecified atom stereocenters. The van der Waals surface area contributed by atoms with Crippen LogP contribution in [0, 0.1) is 5.92 Å². The number of thiazole rings is 1.